The van der Waals surface area contributed by atoms with E-state index in [1.54, 1.807) is 0 Å². The summed E-state index contributed by atoms with van der Waals surface area (Å²) < 4.78 is 61.2. The standard InChI is InChI=1S/C6H14O6S4.2Na.2H2O/c7-15(8,9)5-1-3-13-14-4-2-6-16(10,11)12;;;;/h1-6H2,(H,7,8,9)(H,10,11,12);;;2*1H2/q;2*+1;;/p-2. The molecule has 0 unspecified atom stereocenters. The minimum absolute atomic E-state index is 0. The second-order valence-electron chi connectivity index (χ2n) is 2.87. The normalized spacial score (nSPS) is 10.3. The molecule has 0 aliphatic rings. The molecule has 0 bridgehead atoms. The molecule has 14 heteroatoms. The molecule has 0 aliphatic heterocycles. The first-order valence-electron chi connectivity index (χ1n) is 4.32. The van der Waals surface area contributed by atoms with Gasteiger partial charge in [0.15, 0.2) is 0 Å². The molecule has 0 aromatic heterocycles. The molecule has 0 rings (SSSR count). The summed E-state index contributed by atoms with van der Waals surface area (Å²) >= 11 is 0. The van der Waals surface area contributed by atoms with Gasteiger partial charge in [-0.2, -0.15) is 0 Å². The molecule has 0 amide bonds. The van der Waals surface area contributed by atoms with Crippen LogP contribution in [0.5, 0.6) is 0 Å². The smallest absolute Gasteiger partial charge is 0.748 e. The van der Waals surface area contributed by atoms with Crippen LogP contribution in [0.1, 0.15) is 12.8 Å². The van der Waals surface area contributed by atoms with Crippen LogP contribution in [0, 0.1) is 0 Å². The summed E-state index contributed by atoms with van der Waals surface area (Å²) in [6.45, 7) is 0. The molecule has 20 heavy (non-hydrogen) atoms. The van der Waals surface area contributed by atoms with Crippen LogP contribution in [0.3, 0.4) is 0 Å². The van der Waals surface area contributed by atoms with E-state index >= 15 is 0 Å². The van der Waals surface area contributed by atoms with Gasteiger partial charge in [0.1, 0.15) is 0 Å². The van der Waals surface area contributed by atoms with E-state index in [4.69, 9.17) is 0 Å². The molecule has 0 saturated carbocycles. The maximum absolute atomic E-state index is 10.2. The van der Waals surface area contributed by atoms with Crippen molar-refractivity contribution in [2.24, 2.45) is 0 Å². The predicted molar refractivity (Wildman–Crippen MR) is 70.5 cm³/mol. The van der Waals surface area contributed by atoms with Crippen LogP contribution >= 0.6 is 21.6 Å². The molecule has 0 heterocycles. The Labute approximate surface area is 171 Å². The molecule has 0 saturated heterocycles. The zero-order valence-corrected chi connectivity index (χ0v) is 18.6. The molecule has 114 valence electrons. The van der Waals surface area contributed by atoms with Crippen molar-refractivity contribution in [1.29, 1.82) is 0 Å². The van der Waals surface area contributed by atoms with Gasteiger partial charge in [-0.1, -0.05) is 21.6 Å². The van der Waals surface area contributed by atoms with E-state index in [0.29, 0.717) is 11.5 Å². The van der Waals surface area contributed by atoms with Crippen LogP contribution in [-0.2, 0) is 20.2 Å². The van der Waals surface area contributed by atoms with Gasteiger partial charge in [0.2, 0.25) is 0 Å². The van der Waals surface area contributed by atoms with Crippen molar-refractivity contribution in [2.45, 2.75) is 12.8 Å². The van der Waals surface area contributed by atoms with Crippen molar-refractivity contribution in [3.8, 4) is 0 Å². The predicted octanol–water partition coefficient (Wildman–Crippen LogP) is -7.40. The summed E-state index contributed by atoms with van der Waals surface area (Å²) in [6, 6.07) is 0. The van der Waals surface area contributed by atoms with Gasteiger partial charge >= 0.3 is 59.1 Å². The third kappa shape index (κ3) is 32.4. The van der Waals surface area contributed by atoms with Gasteiger partial charge in [-0.25, -0.2) is 16.8 Å². The molecule has 0 aromatic carbocycles. The Hall–Kier alpha value is 2.44. The van der Waals surface area contributed by atoms with Crippen molar-refractivity contribution >= 4 is 41.8 Å². The van der Waals surface area contributed by atoms with Gasteiger partial charge in [0, 0.05) is 23.0 Å². The van der Waals surface area contributed by atoms with Crippen molar-refractivity contribution in [3.05, 3.63) is 0 Å². The van der Waals surface area contributed by atoms with Crippen LogP contribution in [0.2, 0.25) is 0 Å². The second-order valence-corrected chi connectivity index (χ2v) is 8.62. The fraction of sp³-hybridized carbons (Fsp3) is 1.00. The van der Waals surface area contributed by atoms with Gasteiger partial charge in [-0.15, -0.1) is 0 Å². The van der Waals surface area contributed by atoms with E-state index in [0.717, 1.165) is 0 Å². The summed E-state index contributed by atoms with van der Waals surface area (Å²) in [6.07, 6.45) is 0.562. The summed E-state index contributed by atoms with van der Waals surface area (Å²) in [5.41, 5.74) is 0. The molecular weight excluding hydrogens is 374 g/mol. The first-order valence-corrected chi connectivity index (χ1v) is 9.96. The van der Waals surface area contributed by atoms with Gasteiger partial charge in [0.05, 0.1) is 20.2 Å². The molecule has 0 spiro atoms. The molecule has 8 nitrogen and oxygen atoms in total. The Morgan fingerprint density at radius 2 is 0.950 bits per heavy atom. The van der Waals surface area contributed by atoms with Crippen LogP contribution in [0.25, 0.3) is 0 Å². The minimum atomic E-state index is -4.13. The summed E-state index contributed by atoms with van der Waals surface area (Å²) in [4.78, 5) is 0. The molecule has 0 aromatic rings. The molecular formula is C6H16Na2O8S4. The van der Waals surface area contributed by atoms with Crippen LogP contribution in [0.15, 0.2) is 0 Å². The first kappa shape index (κ1) is 33.9. The summed E-state index contributed by atoms with van der Waals surface area (Å²) in [5.74, 6) is 0.261. The molecule has 4 N–H and O–H groups in total. The fourth-order valence-corrected chi connectivity index (χ4v) is 4.24. The maximum atomic E-state index is 10.2. The van der Waals surface area contributed by atoms with Crippen LogP contribution < -0.4 is 59.1 Å². The van der Waals surface area contributed by atoms with E-state index in [1.807, 2.05) is 0 Å². The van der Waals surface area contributed by atoms with E-state index < -0.39 is 20.2 Å². The SMILES string of the molecule is O.O.O=S(=O)([O-])CCCSSCCCS(=O)(=O)[O-].[Na+].[Na+]. The molecule has 0 radical (unpaired) electrons. The second kappa shape index (κ2) is 17.8. The van der Waals surface area contributed by atoms with Crippen molar-refractivity contribution in [2.75, 3.05) is 23.0 Å². The molecule has 0 fully saturated rings. The summed E-state index contributed by atoms with van der Waals surface area (Å²) in [7, 11) is -5.55. The Bertz CT molecular complexity index is 346. The van der Waals surface area contributed by atoms with Gasteiger partial charge in [-0.3, -0.25) is 0 Å². The Morgan fingerprint density at radius 1 is 0.700 bits per heavy atom. The molecule has 0 aliphatic carbocycles. The Morgan fingerprint density at radius 3 is 1.15 bits per heavy atom. The van der Waals surface area contributed by atoms with Crippen molar-refractivity contribution in [1.82, 2.24) is 0 Å². The third-order valence-corrected chi connectivity index (χ3v) is 5.48. The monoisotopic (exact) mass is 390 g/mol. The Balaban J connectivity index is -0.000000187. The average molecular weight is 390 g/mol. The van der Waals surface area contributed by atoms with Crippen LogP contribution in [-0.4, -0.2) is 59.9 Å². The van der Waals surface area contributed by atoms with E-state index in [-0.39, 0.29) is 94.4 Å². The van der Waals surface area contributed by atoms with Gasteiger partial charge in [0.25, 0.3) is 0 Å². The zero-order valence-electron chi connectivity index (χ0n) is 11.3. The fourth-order valence-electron chi connectivity index (χ4n) is 0.707. The van der Waals surface area contributed by atoms with Crippen LogP contribution in [0.4, 0.5) is 0 Å². The number of hydrogen-bond acceptors (Lipinski definition) is 8. The maximum Gasteiger partial charge on any atom is 1.00 e. The quantitative estimate of drug-likeness (QED) is 0.161. The topological polar surface area (TPSA) is 177 Å². The average Bonchev–Trinajstić information content (AvgIpc) is 2.06. The molecule has 0 atom stereocenters. The third-order valence-electron chi connectivity index (χ3n) is 1.33. The largest absolute Gasteiger partial charge is 1.00 e. The van der Waals surface area contributed by atoms with Crippen molar-refractivity contribution in [3.63, 3.8) is 0 Å². The van der Waals surface area contributed by atoms with Crippen molar-refractivity contribution < 1.29 is 96.0 Å². The van der Waals surface area contributed by atoms with E-state index in [1.165, 1.54) is 21.6 Å². The van der Waals surface area contributed by atoms with E-state index in [9.17, 15) is 25.9 Å². The zero-order chi connectivity index (χ0) is 12.7. The van der Waals surface area contributed by atoms with Gasteiger partial charge in [-0.05, 0) is 12.8 Å². The first-order chi connectivity index (χ1) is 7.21. The van der Waals surface area contributed by atoms with Gasteiger partial charge < -0.3 is 20.1 Å². The minimum Gasteiger partial charge on any atom is -0.748 e. The van der Waals surface area contributed by atoms with E-state index in [2.05, 4.69) is 0 Å². The number of hydrogen-bond donors (Lipinski definition) is 0. The Kier molecular flexibility index (Phi) is 30.2. The number of rotatable bonds is 9. The summed E-state index contributed by atoms with van der Waals surface area (Å²) in [5, 5.41) is 0.